The van der Waals surface area contributed by atoms with E-state index in [9.17, 15) is 0 Å². The normalized spacial score (nSPS) is 17.4. The van der Waals surface area contributed by atoms with E-state index in [2.05, 4.69) is 57.7 Å². The van der Waals surface area contributed by atoms with E-state index in [1.165, 1.54) is 12.0 Å². The number of nitrogens with one attached hydrogen (secondary N) is 1. The van der Waals surface area contributed by atoms with Gasteiger partial charge in [-0.3, -0.25) is 0 Å². The molecule has 0 bridgehead atoms. The third-order valence-corrected chi connectivity index (χ3v) is 4.46. The average molecular weight is 454 g/mol. The highest BCUT2D eigenvalue weighted by atomic mass is 127. The SMILES string of the molecule is CCNC(=NCc1nncn1C)N1CCC(Cc2ccccc2)C1.I. The molecule has 1 N–H and O–H groups in total. The highest BCUT2D eigenvalue weighted by Crippen LogP contribution is 2.21. The van der Waals surface area contributed by atoms with E-state index in [1.807, 2.05) is 11.6 Å². The zero-order valence-corrected chi connectivity index (χ0v) is 17.3. The van der Waals surface area contributed by atoms with Crippen molar-refractivity contribution in [3.8, 4) is 0 Å². The molecule has 136 valence electrons. The first kappa shape index (κ1) is 19.7. The Morgan fingerprint density at radius 1 is 1.32 bits per heavy atom. The summed E-state index contributed by atoms with van der Waals surface area (Å²) in [7, 11) is 1.95. The van der Waals surface area contributed by atoms with Crippen molar-refractivity contribution < 1.29 is 0 Å². The van der Waals surface area contributed by atoms with E-state index in [0.29, 0.717) is 12.5 Å². The molecular weight excluding hydrogens is 427 g/mol. The molecule has 25 heavy (non-hydrogen) atoms. The second-order valence-electron chi connectivity index (χ2n) is 6.32. The lowest BCUT2D eigenvalue weighted by atomic mass is 9.99. The minimum Gasteiger partial charge on any atom is -0.357 e. The molecule has 3 rings (SSSR count). The molecule has 0 aliphatic carbocycles. The molecule has 0 radical (unpaired) electrons. The summed E-state index contributed by atoms with van der Waals surface area (Å²) in [5.41, 5.74) is 1.42. The number of hydrogen-bond acceptors (Lipinski definition) is 3. The molecule has 6 nitrogen and oxygen atoms in total. The standard InChI is InChI=1S/C18H26N6.HI/c1-3-19-18(20-12-17-22-21-14-23(17)2)24-10-9-16(13-24)11-15-7-5-4-6-8-15;/h4-8,14,16H,3,9-13H2,1-2H3,(H,19,20);1H. The van der Waals surface area contributed by atoms with Gasteiger partial charge in [-0.05, 0) is 31.2 Å². The van der Waals surface area contributed by atoms with Crippen molar-refractivity contribution in [2.24, 2.45) is 18.0 Å². The van der Waals surface area contributed by atoms with E-state index in [4.69, 9.17) is 4.99 Å². The predicted molar refractivity (Wildman–Crippen MR) is 111 cm³/mol. The first-order valence-electron chi connectivity index (χ1n) is 8.66. The van der Waals surface area contributed by atoms with Crippen LogP contribution >= 0.6 is 24.0 Å². The van der Waals surface area contributed by atoms with Crippen molar-refractivity contribution in [1.29, 1.82) is 0 Å². The molecule has 2 heterocycles. The summed E-state index contributed by atoms with van der Waals surface area (Å²) in [5, 5.41) is 11.4. The van der Waals surface area contributed by atoms with Gasteiger partial charge in [0.2, 0.25) is 0 Å². The van der Waals surface area contributed by atoms with Crippen LogP contribution in [0.25, 0.3) is 0 Å². The molecule has 1 aliphatic rings. The number of guanidine groups is 1. The Kier molecular flexibility index (Phi) is 7.67. The van der Waals surface area contributed by atoms with Crippen molar-refractivity contribution >= 4 is 29.9 Å². The summed E-state index contributed by atoms with van der Waals surface area (Å²) in [6.07, 6.45) is 4.06. The fourth-order valence-electron chi connectivity index (χ4n) is 3.16. The van der Waals surface area contributed by atoms with Crippen molar-refractivity contribution in [2.75, 3.05) is 19.6 Å². The number of likely N-dealkylation sites (tertiary alicyclic amines) is 1. The second-order valence-corrected chi connectivity index (χ2v) is 6.32. The van der Waals surface area contributed by atoms with Crippen LogP contribution in [0.15, 0.2) is 41.7 Å². The van der Waals surface area contributed by atoms with Crippen molar-refractivity contribution in [3.05, 3.63) is 48.0 Å². The lowest BCUT2D eigenvalue weighted by Crippen LogP contribution is -2.40. The number of nitrogens with zero attached hydrogens (tertiary/aromatic N) is 5. The van der Waals surface area contributed by atoms with Crippen LogP contribution in [0.5, 0.6) is 0 Å². The monoisotopic (exact) mass is 454 g/mol. The van der Waals surface area contributed by atoms with Gasteiger partial charge < -0.3 is 14.8 Å². The lowest BCUT2D eigenvalue weighted by molar-refractivity contribution is 0.459. The molecule has 1 fully saturated rings. The van der Waals surface area contributed by atoms with Gasteiger partial charge >= 0.3 is 0 Å². The second kappa shape index (κ2) is 9.74. The molecule has 1 saturated heterocycles. The van der Waals surface area contributed by atoms with Crippen LogP contribution in [0.4, 0.5) is 0 Å². The number of rotatable bonds is 5. The topological polar surface area (TPSA) is 58.3 Å². The zero-order chi connectivity index (χ0) is 16.8. The maximum Gasteiger partial charge on any atom is 0.194 e. The molecule has 1 atom stereocenters. The highest BCUT2D eigenvalue weighted by molar-refractivity contribution is 14.0. The Labute approximate surface area is 166 Å². The first-order valence-corrected chi connectivity index (χ1v) is 8.66. The summed E-state index contributed by atoms with van der Waals surface area (Å²) < 4.78 is 1.91. The van der Waals surface area contributed by atoms with E-state index in [-0.39, 0.29) is 24.0 Å². The van der Waals surface area contributed by atoms with Crippen LogP contribution in [-0.2, 0) is 20.0 Å². The molecule has 1 aliphatic heterocycles. The first-order chi connectivity index (χ1) is 11.8. The van der Waals surface area contributed by atoms with Crippen molar-refractivity contribution in [2.45, 2.75) is 26.3 Å². The fourth-order valence-corrected chi connectivity index (χ4v) is 3.16. The van der Waals surface area contributed by atoms with Crippen molar-refractivity contribution in [1.82, 2.24) is 25.0 Å². The summed E-state index contributed by atoms with van der Waals surface area (Å²) in [5.74, 6) is 2.55. The molecule has 0 saturated carbocycles. The molecule has 0 amide bonds. The summed E-state index contributed by atoms with van der Waals surface area (Å²) in [6, 6.07) is 10.8. The maximum absolute atomic E-state index is 4.75. The summed E-state index contributed by atoms with van der Waals surface area (Å²) in [6.45, 7) is 5.65. The molecule has 1 aromatic carbocycles. The van der Waals surface area contributed by atoms with Gasteiger partial charge in [-0.2, -0.15) is 0 Å². The van der Waals surface area contributed by atoms with Crippen molar-refractivity contribution in [3.63, 3.8) is 0 Å². The van der Waals surface area contributed by atoms with Gasteiger partial charge in [0.25, 0.3) is 0 Å². The Morgan fingerprint density at radius 2 is 2.12 bits per heavy atom. The largest absolute Gasteiger partial charge is 0.357 e. The Bertz CT molecular complexity index is 669. The minimum absolute atomic E-state index is 0. The number of hydrogen-bond donors (Lipinski definition) is 1. The van der Waals surface area contributed by atoms with Gasteiger partial charge in [-0.1, -0.05) is 30.3 Å². The average Bonchev–Trinajstić information content (AvgIpc) is 3.22. The van der Waals surface area contributed by atoms with Crippen LogP contribution in [0.2, 0.25) is 0 Å². The van der Waals surface area contributed by atoms with Crippen LogP contribution in [0, 0.1) is 5.92 Å². The number of benzene rings is 1. The van der Waals surface area contributed by atoms with Crippen LogP contribution in [0.3, 0.4) is 0 Å². The van der Waals surface area contributed by atoms with Gasteiger partial charge in [0.05, 0.1) is 0 Å². The van der Waals surface area contributed by atoms with Crippen LogP contribution < -0.4 is 5.32 Å². The Balaban J connectivity index is 0.00000225. The number of halogens is 1. The van der Waals surface area contributed by atoms with Crippen LogP contribution in [-0.4, -0.2) is 45.3 Å². The van der Waals surface area contributed by atoms with Gasteiger partial charge in [0.1, 0.15) is 12.9 Å². The lowest BCUT2D eigenvalue weighted by Gasteiger charge is -2.21. The van der Waals surface area contributed by atoms with Crippen LogP contribution in [0.1, 0.15) is 24.7 Å². The zero-order valence-electron chi connectivity index (χ0n) is 14.9. The molecule has 1 unspecified atom stereocenters. The minimum atomic E-state index is 0. The van der Waals surface area contributed by atoms with Gasteiger partial charge in [-0.15, -0.1) is 34.2 Å². The fraction of sp³-hybridized carbons (Fsp3) is 0.500. The molecule has 1 aromatic heterocycles. The molecule has 7 heteroatoms. The van der Waals surface area contributed by atoms with E-state index >= 15 is 0 Å². The predicted octanol–water partition coefficient (Wildman–Crippen LogP) is 2.46. The highest BCUT2D eigenvalue weighted by Gasteiger charge is 2.25. The van der Waals surface area contributed by atoms with Gasteiger partial charge in [0.15, 0.2) is 11.8 Å². The van der Waals surface area contributed by atoms with E-state index in [1.54, 1.807) is 6.33 Å². The van der Waals surface area contributed by atoms with Gasteiger partial charge in [-0.25, -0.2) is 4.99 Å². The van der Waals surface area contributed by atoms with E-state index < -0.39 is 0 Å². The Hall–Kier alpha value is -1.64. The quantitative estimate of drug-likeness (QED) is 0.429. The summed E-state index contributed by atoms with van der Waals surface area (Å²) in [4.78, 5) is 7.12. The third kappa shape index (κ3) is 5.42. The molecule has 0 spiro atoms. The molecular formula is C18H27IN6. The molecule has 2 aromatic rings. The van der Waals surface area contributed by atoms with E-state index in [0.717, 1.165) is 37.8 Å². The smallest absolute Gasteiger partial charge is 0.194 e. The third-order valence-electron chi connectivity index (χ3n) is 4.46. The number of aromatic nitrogens is 3. The number of aliphatic imine (C=N–C) groups is 1. The maximum atomic E-state index is 4.75. The van der Waals surface area contributed by atoms with Gasteiger partial charge in [0, 0.05) is 26.7 Å². The Morgan fingerprint density at radius 3 is 2.80 bits per heavy atom. The number of aryl methyl sites for hydroxylation is 1. The summed E-state index contributed by atoms with van der Waals surface area (Å²) >= 11 is 0.